The maximum absolute atomic E-state index is 12.0. The van der Waals surface area contributed by atoms with E-state index in [0.717, 1.165) is 35.4 Å². The molecule has 122 valence electrons. The molecular formula is C14H15N3O5S. The summed E-state index contributed by atoms with van der Waals surface area (Å²) >= 11 is 0. The van der Waals surface area contributed by atoms with Crippen molar-refractivity contribution in [2.75, 3.05) is 0 Å². The maximum Gasteiger partial charge on any atom is 0.276 e. The lowest BCUT2D eigenvalue weighted by molar-refractivity contribution is -0.384. The fourth-order valence-corrected chi connectivity index (χ4v) is 2.41. The predicted molar refractivity (Wildman–Crippen MR) is 85.8 cm³/mol. The molecule has 0 saturated heterocycles. The molecule has 0 saturated carbocycles. The van der Waals surface area contributed by atoms with Crippen LogP contribution in [0.25, 0.3) is 0 Å². The van der Waals surface area contributed by atoms with Gasteiger partial charge in [-0.05, 0) is 24.6 Å². The molecule has 0 unspecified atom stereocenters. The number of nitro groups is 1. The molecule has 0 aliphatic carbocycles. The van der Waals surface area contributed by atoms with Crippen LogP contribution >= 0.6 is 0 Å². The molecule has 2 aromatic rings. The summed E-state index contributed by atoms with van der Waals surface area (Å²) in [6.07, 6.45) is 1.38. The Morgan fingerprint density at radius 3 is 2.17 bits per heavy atom. The van der Waals surface area contributed by atoms with Crippen molar-refractivity contribution in [1.29, 1.82) is 0 Å². The predicted octanol–water partition coefficient (Wildman–Crippen LogP) is 1.39. The normalized spacial score (nSPS) is 11.0. The van der Waals surface area contributed by atoms with E-state index in [1.165, 1.54) is 6.21 Å². The zero-order chi connectivity index (χ0) is 16.2. The van der Waals surface area contributed by atoms with Crippen molar-refractivity contribution in [2.45, 2.75) is 11.8 Å². The van der Waals surface area contributed by atoms with Crippen molar-refractivity contribution in [3.05, 3.63) is 69.8 Å². The summed E-state index contributed by atoms with van der Waals surface area (Å²) in [6, 6.07) is 11.9. The second-order valence-corrected chi connectivity index (χ2v) is 6.18. The Bertz CT molecular complexity index is 799. The third-order valence-corrected chi connectivity index (χ3v) is 4.06. The van der Waals surface area contributed by atoms with E-state index in [1.54, 1.807) is 12.1 Å². The first-order chi connectivity index (χ1) is 10.4. The smallest absolute Gasteiger partial charge is 0.276 e. The molecular weight excluding hydrogens is 322 g/mol. The van der Waals surface area contributed by atoms with Gasteiger partial charge in [-0.1, -0.05) is 29.8 Å². The average molecular weight is 337 g/mol. The summed E-state index contributed by atoms with van der Waals surface area (Å²) in [5.41, 5.74) is 1.66. The van der Waals surface area contributed by atoms with E-state index >= 15 is 0 Å². The van der Waals surface area contributed by atoms with Crippen LogP contribution in [0.3, 0.4) is 0 Å². The molecule has 0 radical (unpaired) electrons. The van der Waals surface area contributed by atoms with E-state index in [-0.39, 0.29) is 16.1 Å². The number of nitrogens with zero attached hydrogens (tertiary/aromatic N) is 2. The van der Waals surface area contributed by atoms with Gasteiger partial charge in [0.05, 0.1) is 16.0 Å². The zero-order valence-corrected chi connectivity index (χ0v) is 12.9. The van der Waals surface area contributed by atoms with Gasteiger partial charge in [0.15, 0.2) is 0 Å². The Morgan fingerprint density at radius 1 is 1.09 bits per heavy atom. The number of hydrazone groups is 1. The van der Waals surface area contributed by atoms with Crippen molar-refractivity contribution < 1.29 is 18.8 Å². The number of non-ortho nitro benzene ring substituents is 1. The van der Waals surface area contributed by atoms with Gasteiger partial charge in [-0.25, -0.2) is 4.83 Å². The highest BCUT2D eigenvalue weighted by Crippen LogP contribution is 2.15. The molecule has 0 spiro atoms. The quantitative estimate of drug-likeness (QED) is 0.501. The molecule has 23 heavy (non-hydrogen) atoms. The number of rotatable bonds is 5. The van der Waals surface area contributed by atoms with Crippen LogP contribution in [0.4, 0.5) is 5.69 Å². The van der Waals surface area contributed by atoms with Gasteiger partial charge >= 0.3 is 0 Å². The maximum atomic E-state index is 12.0. The summed E-state index contributed by atoms with van der Waals surface area (Å²) in [6.45, 7) is 1.94. The van der Waals surface area contributed by atoms with Gasteiger partial charge in [-0.15, -0.1) is 0 Å². The molecule has 2 aromatic carbocycles. The van der Waals surface area contributed by atoms with Crippen LogP contribution in [-0.4, -0.2) is 25.0 Å². The van der Waals surface area contributed by atoms with Crippen molar-refractivity contribution in [3.63, 3.8) is 0 Å². The topological polar surface area (TPSA) is 133 Å². The summed E-state index contributed by atoms with van der Waals surface area (Å²) in [7, 11) is -3.85. The summed E-state index contributed by atoms with van der Waals surface area (Å²) < 4.78 is 23.9. The van der Waals surface area contributed by atoms with Gasteiger partial charge in [0.1, 0.15) is 0 Å². The lowest BCUT2D eigenvalue weighted by Gasteiger charge is -2.02. The van der Waals surface area contributed by atoms with Crippen LogP contribution in [-0.2, 0) is 10.0 Å². The first-order valence-electron chi connectivity index (χ1n) is 6.24. The number of nitrogens with one attached hydrogen (secondary N) is 1. The number of aryl methyl sites for hydroxylation is 1. The van der Waals surface area contributed by atoms with Gasteiger partial charge < -0.3 is 5.48 Å². The number of hydrogen-bond donors (Lipinski definition) is 1. The van der Waals surface area contributed by atoms with E-state index in [1.807, 2.05) is 19.1 Å². The van der Waals surface area contributed by atoms with E-state index in [9.17, 15) is 18.5 Å². The van der Waals surface area contributed by atoms with Gasteiger partial charge in [0.25, 0.3) is 15.7 Å². The van der Waals surface area contributed by atoms with Gasteiger partial charge in [-0.3, -0.25) is 10.1 Å². The molecule has 2 rings (SSSR count). The Kier molecular flexibility index (Phi) is 5.94. The first-order valence-corrected chi connectivity index (χ1v) is 7.73. The standard InChI is InChI=1S/C14H13N3O4S.H2O/c1-11-2-4-12(5-3-11)10-15-16-22(20,21)14-8-6-13(7-9-14)17(18)19;/h2-10,16H,1H3;1H2/b15-10+;. The van der Waals surface area contributed by atoms with Crippen molar-refractivity contribution >= 4 is 21.9 Å². The van der Waals surface area contributed by atoms with Crippen molar-refractivity contribution in [1.82, 2.24) is 4.83 Å². The molecule has 8 nitrogen and oxygen atoms in total. The minimum absolute atomic E-state index is 0. The fourth-order valence-electron chi connectivity index (χ4n) is 1.62. The van der Waals surface area contributed by atoms with Gasteiger partial charge in [0.2, 0.25) is 0 Å². The molecule has 0 aromatic heterocycles. The lowest BCUT2D eigenvalue weighted by Crippen LogP contribution is -2.18. The molecule has 0 heterocycles. The fraction of sp³-hybridized carbons (Fsp3) is 0.0714. The highest BCUT2D eigenvalue weighted by Gasteiger charge is 2.14. The van der Waals surface area contributed by atoms with E-state index in [0.29, 0.717) is 0 Å². The molecule has 3 N–H and O–H groups in total. The summed E-state index contributed by atoms with van der Waals surface area (Å²) in [5, 5.41) is 14.2. The molecule has 0 amide bonds. The number of benzene rings is 2. The zero-order valence-electron chi connectivity index (χ0n) is 12.1. The molecule has 0 aliphatic heterocycles. The third kappa shape index (κ3) is 4.87. The number of hydrogen-bond acceptors (Lipinski definition) is 5. The highest BCUT2D eigenvalue weighted by molar-refractivity contribution is 7.89. The Balaban J connectivity index is 0.00000264. The highest BCUT2D eigenvalue weighted by atomic mass is 32.2. The molecule has 0 bridgehead atoms. The van der Waals surface area contributed by atoms with Crippen molar-refractivity contribution in [3.8, 4) is 0 Å². The van der Waals surface area contributed by atoms with Crippen molar-refractivity contribution in [2.24, 2.45) is 5.10 Å². The molecule has 0 fully saturated rings. The SMILES string of the molecule is Cc1ccc(/C=N/NS(=O)(=O)c2ccc([N+](=O)[O-])cc2)cc1.O. The van der Waals surface area contributed by atoms with Gasteiger partial charge in [-0.2, -0.15) is 13.5 Å². The molecule has 0 atom stereocenters. The largest absolute Gasteiger partial charge is 0.412 e. The Morgan fingerprint density at radius 2 is 1.65 bits per heavy atom. The van der Waals surface area contributed by atoms with Crippen LogP contribution in [0.2, 0.25) is 0 Å². The van der Waals surface area contributed by atoms with E-state index < -0.39 is 14.9 Å². The van der Waals surface area contributed by atoms with E-state index in [4.69, 9.17) is 0 Å². The Hall–Kier alpha value is -2.78. The monoisotopic (exact) mass is 337 g/mol. The number of nitro benzene ring substituents is 1. The van der Waals surface area contributed by atoms with Gasteiger partial charge in [0, 0.05) is 12.1 Å². The second-order valence-electron chi connectivity index (χ2n) is 4.51. The third-order valence-electron chi connectivity index (χ3n) is 2.82. The van der Waals surface area contributed by atoms with Crippen LogP contribution in [0.1, 0.15) is 11.1 Å². The molecule has 0 aliphatic rings. The van der Waals surface area contributed by atoms with Crippen LogP contribution < -0.4 is 4.83 Å². The average Bonchev–Trinajstić information content (AvgIpc) is 2.49. The minimum atomic E-state index is -3.85. The minimum Gasteiger partial charge on any atom is -0.412 e. The van der Waals surface area contributed by atoms with E-state index in [2.05, 4.69) is 9.93 Å². The first kappa shape index (κ1) is 18.3. The second kappa shape index (κ2) is 7.47. The summed E-state index contributed by atoms with van der Waals surface area (Å²) in [4.78, 5) is 11.9. The van der Waals surface area contributed by atoms with Crippen LogP contribution in [0.5, 0.6) is 0 Å². The number of sulfonamides is 1. The lowest BCUT2D eigenvalue weighted by atomic mass is 10.2. The summed E-state index contributed by atoms with van der Waals surface area (Å²) in [5.74, 6) is 0. The van der Waals surface area contributed by atoms with Crippen LogP contribution in [0, 0.1) is 17.0 Å². The molecule has 9 heteroatoms. The Labute approximate surface area is 133 Å². The van der Waals surface area contributed by atoms with Crippen LogP contribution in [0.15, 0.2) is 58.5 Å².